The Morgan fingerprint density at radius 3 is 2.74 bits per heavy atom. The quantitative estimate of drug-likeness (QED) is 0.672. The molecule has 5 nitrogen and oxygen atoms in total. The Balaban J connectivity index is 1.58. The van der Waals surface area contributed by atoms with Crippen LogP contribution in [0.5, 0.6) is 0 Å². The molecule has 1 atom stereocenters. The van der Waals surface area contributed by atoms with Crippen molar-refractivity contribution >= 4 is 16.9 Å². The number of aromatic nitrogens is 2. The second-order valence-electron chi connectivity index (χ2n) is 8.08. The van der Waals surface area contributed by atoms with Crippen molar-refractivity contribution in [2.45, 2.75) is 45.3 Å². The molecule has 0 spiro atoms. The highest BCUT2D eigenvalue weighted by Gasteiger charge is 2.34. The van der Waals surface area contributed by atoms with Crippen molar-refractivity contribution in [1.29, 1.82) is 0 Å². The fourth-order valence-corrected chi connectivity index (χ4v) is 3.60. The van der Waals surface area contributed by atoms with Crippen LogP contribution >= 0.6 is 0 Å². The van der Waals surface area contributed by atoms with E-state index in [0.717, 1.165) is 29.9 Å². The predicted octanol–water partition coefficient (Wildman–Crippen LogP) is 5.30. The molecule has 0 saturated carbocycles. The molecule has 1 N–H and O–H groups in total. The lowest BCUT2D eigenvalue weighted by atomic mass is 10.1. The third kappa shape index (κ3) is 3.68. The Hall–Kier alpha value is -2.82. The van der Waals surface area contributed by atoms with Crippen molar-refractivity contribution in [3.63, 3.8) is 0 Å². The molecule has 1 saturated heterocycles. The van der Waals surface area contributed by atoms with Crippen LogP contribution in [0.4, 0.5) is 4.79 Å². The minimum atomic E-state index is -0.496. The van der Waals surface area contributed by atoms with Gasteiger partial charge in [0.15, 0.2) is 0 Å². The van der Waals surface area contributed by atoms with Crippen LogP contribution < -0.4 is 0 Å². The SMILES string of the molecule is CC(C)(C)OC(=O)N1CCCC1c1ncc(-c2ccc3ccccc3c2)[nH]1. The highest BCUT2D eigenvalue weighted by atomic mass is 16.6. The molecule has 2 aromatic carbocycles. The molecule has 0 aliphatic carbocycles. The number of fused-ring (bicyclic) bond motifs is 1. The third-order valence-electron chi connectivity index (χ3n) is 4.85. The van der Waals surface area contributed by atoms with Gasteiger partial charge in [-0.05, 0) is 50.5 Å². The molecule has 0 bridgehead atoms. The summed E-state index contributed by atoms with van der Waals surface area (Å²) in [4.78, 5) is 22.3. The van der Waals surface area contributed by atoms with Gasteiger partial charge < -0.3 is 9.72 Å². The number of rotatable bonds is 2. The summed E-state index contributed by atoms with van der Waals surface area (Å²) in [6.45, 7) is 6.37. The second-order valence-corrected chi connectivity index (χ2v) is 8.08. The molecule has 5 heteroatoms. The van der Waals surface area contributed by atoms with Crippen LogP contribution in [-0.2, 0) is 4.74 Å². The number of benzene rings is 2. The number of ether oxygens (including phenoxy) is 1. The van der Waals surface area contributed by atoms with Crippen LogP contribution in [0.15, 0.2) is 48.7 Å². The van der Waals surface area contributed by atoms with Crippen molar-refractivity contribution in [2.24, 2.45) is 0 Å². The van der Waals surface area contributed by atoms with E-state index in [1.54, 1.807) is 4.90 Å². The summed E-state index contributed by atoms with van der Waals surface area (Å²) in [7, 11) is 0. The third-order valence-corrected chi connectivity index (χ3v) is 4.85. The number of nitrogens with one attached hydrogen (secondary N) is 1. The first-order chi connectivity index (χ1) is 12.9. The zero-order chi connectivity index (χ0) is 19.0. The van der Waals surface area contributed by atoms with Crippen LogP contribution in [0.25, 0.3) is 22.0 Å². The average molecular weight is 363 g/mol. The largest absolute Gasteiger partial charge is 0.444 e. The second kappa shape index (κ2) is 6.72. The van der Waals surface area contributed by atoms with Gasteiger partial charge in [0.2, 0.25) is 0 Å². The van der Waals surface area contributed by atoms with Crippen molar-refractivity contribution in [1.82, 2.24) is 14.9 Å². The molecule has 2 heterocycles. The van der Waals surface area contributed by atoms with E-state index >= 15 is 0 Å². The Kier molecular flexibility index (Phi) is 4.38. The Labute approximate surface area is 159 Å². The van der Waals surface area contributed by atoms with Crippen LogP contribution in [-0.4, -0.2) is 33.1 Å². The monoisotopic (exact) mass is 363 g/mol. The molecular weight excluding hydrogens is 338 g/mol. The number of amides is 1. The van der Waals surface area contributed by atoms with E-state index in [9.17, 15) is 4.79 Å². The number of likely N-dealkylation sites (tertiary alicyclic amines) is 1. The maximum Gasteiger partial charge on any atom is 0.410 e. The van der Waals surface area contributed by atoms with Gasteiger partial charge in [-0.2, -0.15) is 0 Å². The molecule has 1 fully saturated rings. The highest BCUT2D eigenvalue weighted by molar-refractivity contribution is 5.86. The topological polar surface area (TPSA) is 58.2 Å². The predicted molar refractivity (Wildman–Crippen MR) is 106 cm³/mol. The number of H-pyrrole nitrogens is 1. The summed E-state index contributed by atoms with van der Waals surface area (Å²) < 4.78 is 5.56. The van der Waals surface area contributed by atoms with Crippen molar-refractivity contribution in [3.05, 3.63) is 54.5 Å². The first kappa shape index (κ1) is 17.6. The van der Waals surface area contributed by atoms with Gasteiger partial charge in [0.1, 0.15) is 11.4 Å². The van der Waals surface area contributed by atoms with Crippen LogP contribution in [0.1, 0.15) is 45.5 Å². The van der Waals surface area contributed by atoms with E-state index in [4.69, 9.17) is 4.74 Å². The zero-order valence-electron chi connectivity index (χ0n) is 16.0. The minimum Gasteiger partial charge on any atom is -0.444 e. The van der Waals surface area contributed by atoms with Crippen LogP contribution in [0.2, 0.25) is 0 Å². The van der Waals surface area contributed by atoms with Gasteiger partial charge in [-0.25, -0.2) is 9.78 Å². The molecule has 1 aliphatic heterocycles. The van der Waals surface area contributed by atoms with Crippen molar-refractivity contribution in [3.8, 4) is 11.3 Å². The van der Waals surface area contributed by atoms with E-state index < -0.39 is 5.60 Å². The number of hydrogen-bond donors (Lipinski definition) is 1. The van der Waals surface area contributed by atoms with Gasteiger partial charge in [-0.15, -0.1) is 0 Å². The van der Waals surface area contributed by atoms with Gasteiger partial charge in [0.25, 0.3) is 0 Å². The van der Waals surface area contributed by atoms with E-state index in [1.165, 1.54) is 10.8 Å². The van der Waals surface area contributed by atoms with Gasteiger partial charge in [0, 0.05) is 12.1 Å². The molecule has 140 valence electrons. The normalized spacial score (nSPS) is 17.4. The standard InChI is InChI=1S/C22H25N3O2/c1-22(2,3)27-21(26)25-12-6-9-19(25)20-23-14-18(24-20)17-11-10-15-7-4-5-8-16(15)13-17/h4-5,7-8,10-11,13-14,19H,6,9,12H2,1-3H3,(H,23,24). The molecule has 1 unspecified atom stereocenters. The number of imidazole rings is 1. The molecule has 4 rings (SSSR count). The summed E-state index contributed by atoms with van der Waals surface area (Å²) in [5.41, 5.74) is 1.56. The fraction of sp³-hybridized carbons (Fsp3) is 0.364. The Bertz CT molecular complexity index is 971. The first-order valence-corrected chi connectivity index (χ1v) is 9.44. The van der Waals surface area contributed by atoms with Crippen LogP contribution in [0, 0.1) is 0 Å². The molecule has 0 radical (unpaired) electrons. The lowest BCUT2D eigenvalue weighted by Gasteiger charge is -2.27. The van der Waals surface area contributed by atoms with Gasteiger partial charge >= 0.3 is 6.09 Å². The molecule has 27 heavy (non-hydrogen) atoms. The summed E-state index contributed by atoms with van der Waals surface area (Å²) in [5.74, 6) is 0.821. The minimum absolute atomic E-state index is 0.0611. The molecule has 1 aromatic heterocycles. The van der Waals surface area contributed by atoms with Gasteiger partial charge in [0.05, 0.1) is 17.9 Å². The molecule has 1 amide bonds. The number of hydrogen-bond acceptors (Lipinski definition) is 3. The molecular formula is C22H25N3O2. The highest BCUT2D eigenvalue weighted by Crippen LogP contribution is 2.33. The summed E-state index contributed by atoms with van der Waals surface area (Å²) in [6.07, 6.45) is 3.43. The average Bonchev–Trinajstić information content (AvgIpc) is 3.29. The van der Waals surface area contributed by atoms with Gasteiger partial charge in [-0.3, -0.25) is 4.90 Å². The van der Waals surface area contributed by atoms with Crippen LogP contribution in [0.3, 0.4) is 0 Å². The fourth-order valence-electron chi connectivity index (χ4n) is 3.60. The zero-order valence-corrected chi connectivity index (χ0v) is 16.0. The Morgan fingerprint density at radius 1 is 1.19 bits per heavy atom. The van der Waals surface area contributed by atoms with E-state index in [0.29, 0.717) is 6.54 Å². The van der Waals surface area contributed by atoms with E-state index in [1.807, 2.05) is 39.1 Å². The lowest BCUT2D eigenvalue weighted by Crippen LogP contribution is -2.36. The summed E-state index contributed by atoms with van der Waals surface area (Å²) >= 11 is 0. The van der Waals surface area contributed by atoms with Crippen molar-refractivity contribution < 1.29 is 9.53 Å². The lowest BCUT2D eigenvalue weighted by molar-refractivity contribution is 0.0219. The maximum atomic E-state index is 12.5. The smallest absolute Gasteiger partial charge is 0.410 e. The van der Waals surface area contributed by atoms with Gasteiger partial charge in [-0.1, -0.05) is 36.4 Å². The maximum absolute atomic E-state index is 12.5. The number of aromatic amines is 1. The molecule has 3 aromatic rings. The number of carbonyl (C=O) groups is 1. The van der Waals surface area contributed by atoms with E-state index in [-0.39, 0.29) is 12.1 Å². The summed E-state index contributed by atoms with van der Waals surface area (Å²) in [6, 6.07) is 14.6. The van der Waals surface area contributed by atoms with Crippen molar-refractivity contribution in [2.75, 3.05) is 6.54 Å². The molecule has 1 aliphatic rings. The Morgan fingerprint density at radius 2 is 1.96 bits per heavy atom. The number of carbonyl (C=O) groups excluding carboxylic acids is 1. The summed E-state index contributed by atoms with van der Waals surface area (Å²) in [5, 5.41) is 2.41. The van der Waals surface area contributed by atoms with E-state index in [2.05, 4.69) is 40.3 Å². The first-order valence-electron chi connectivity index (χ1n) is 9.44. The number of nitrogens with zero attached hydrogens (tertiary/aromatic N) is 2.